The van der Waals surface area contributed by atoms with Gasteiger partial charge >= 0.3 is 0 Å². The zero-order valence-electron chi connectivity index (χ0n) is 11.1. The molecular weight excluding hydrogens is 220 g/mol. The van der Waals surface area contributed by atoms with E-state index in [-0.39, 0.29) is 0 Å². The van der Waals surface area contributed by atoms with Crippen molar-refractivity contribution < 1.29 is 0 Å². The summed E-state index contributed by atoms with van der Waals surface area (Å²) >= 11 is 0. The summed E-state index contributed by atoms with van der Waals surface area (Å²) in [7, 11) is 0. The second-order valence-corrected chi connectivity index (χ2v) is 5.91. The summed E-state index contributed by atoms with van der Waals surface area (Å²) in [4.78, 5) is 2.67. The Morgan fingerprint density at radius 3 is 2.50 bits per heavy atom. The molecule has 2 atom stereocenters. The molecule has 1 saturated heterocycles. The van der Waals surface area contributed by atoms with Crippen LogP contribution in [0.1, 0.15) is 37.2 Å². The van der Waals surface area contributed by atoms with Gasteiger partial charge in [0.25, 0.3) is 0 Å². The Morgan fingerprint density at radius 1 is 1.06 bits per heavy atom. The zero-order chi connectivity index (χ0) is 12.4. The van der Waals surface area contributed by atoms with Crippen molar-refractivity contribution in [2.75, 3.05) is 19.6 Å². The molecule has 0 radical (unpaired) electrons. The third kappa shape index (κ3) is 2.32. The summed E-state index contributed by atoms with van der Waals surface area (Å²) in [6.45, 7) is 3.35. The molecule has 2 fully saturated rings. The average Bonchev–Trinajstić information content (AvgIpc) is 2.39. The fraction of sp³-hybridized carbons (Fsp3) is 0.625. The third-order valence-corrected chi connectivity index (χ3v) is 4.82. The molecule has 2 aliphatic rings. The van der Waals surface area contributed by atoms with Gasteiger partial charge in [-0.25, -0.2) is 0 Å². The Kier molecular flexibility index (Phi) is 3.67. The molecule has 1 heterocycles. The number of nitrogens with two attached hydrogens (primary N) is 1. The molecule has 0 amide bonds. The van der Waals surface area contributed by atoms with Crippen molar-refractivity contribution in [3.63, 3.8) is 0 Å². The van der Waals surface area contributed by atoms with Gasteiger partial charge < -0.3 is 5.73 Å². The summed E-state index contributed by atoms with van der Waals surface area (Å²) in [5.41, 5.74) is 7.44. The average molecular weight is 244 g/mol. The lowest BCUT2D eigenvalue weighted by molar-refractivity contribution is 0.0367. The highest BCUT2D eigenvalue weighted by molar-refractivity contribution is 5.23. The Labute approximate surface area is 110 Å². The molecule has 18 heavy (non-hydrogen) atoms. The van der Waals surface area contributed by atoms with E-state index < -0.39 is 0 Å². The van der Waals surface area contributed by atoms with Gasteiger partial charge in [0.05, 0.1) is 0 Å². The van der Waals surface area contributed by atoms with Crippen LogP contribution in [0.2, 0.25) is 0 Å². The standard InChI is InChI=1S/C16H24N2/c17-10-14-8-4-5-9-16(14)18-11-15(12-18)13-6-2-1-3-7-13/h1-3,6-7,14-16H,4-5,8-12,17H2. The molecule has 0 aromatic heterocycles. The van der Waals surface area contributed by atoms with Gasteiger partial charge in [0.15, 0.2) is 0 Å². The molecule has 1 aliphatic carbocycles. The summed E-state index contributed by atoms with van der Waals surface area (Å²) in [6.07, 6.45) is 5.49. The Bertz CT molecular complexity index is 370. The molecule has 2 unspecified atom stereocenters. The number of likely N-dealkylation sites (tertiary alicyclic amines) is 1. The first-order valence-corrected chi connectivity index (χ1v) is 7.37. The maximum Gasteiger partial charge on any atom is 0.0136 e. The molecule has 1 saturated carbocycles. The van der Waals surface area contributed by atoms with Crippen LogP contribution in [0.15, 0.2) is 30.3 Å². The van der Waals surface area contributed by atoms with Crippen LogP contribution in [-0.4, -0.2) is 30.6 Å². The molecule has 3 rings (SSSR count). The highest BCUT2D eigenvalue weighted by Crippen LogP contribution is 2.35. The van der Waals surface area contributed by atoms with Crippen molar-refractivity contribution in [2.45, 2.75) is 37.6 Å². The van der Waals surface area contributed by atoms with Crippen LogP contribution in [0, 0.1) is 5.92 Å². The van der Waals surface area contributed by atoms with Gasteiger partial charge in [0.1, 0.15) is 0 Å². The van der Waals surface area contributed by atoms with Crippen LogP contribution in [0.5, 0.6) is 0 Å². The van der Waals surface area contributed by atoms with Gasteiger partial charge in [-0.15, -0.1) is 0 Å². The predicted molar refractivity (Wildman–Crippen MR) is 75.6 cm³/mol. The molecule has 0 spiro atoms. The number of nitrogens with zero attached hydrogens (tertiary/aromatic N) is 1. The van der Waals surface area contributed by atoms with Crippen molar-refractivity contribution in [1.29, 1.82) is 0 Å². The zero-order valence-corrected chi connectivity index (χ0v) is 11.1. The van der Waals surface area contributed by atoms with Gasteiger partial charge in [-0.1, -0.05) is 43.2 Å². The first-order chi connectivity index (χ1) is 8.88. The van der Waals surface area contributed by atoms with Gasteiger partial charge in [-0.2, -0.15) is 0 Å². The Morgan fingerprint density at radius 2 is 1.78 bits per heavy atom. The summed E-state index contributed by atoms with van der Waals surface area (Å²) < 4.78 is 0. The van der Waals surface area contributed by atoms with E-state index in [1.807, 2.05) is 0 Å². The molecule has 2 nitrogen and oxygen atoms in total. The SMILES string of the molecule is NCC1CCCCC1N1CC(c2ccccc2)C1. The minimum absolute atomic E-state index is 0.746. The number of hydrogen-bond acceptors (Lipinski definition) is 2. The van der Waals surface area contributed by atoms with Crippen molar-refractivity contribution in [3.05, 3.63) is 35.9 Å². The van der Waals surface area contributed by atoms with E-state index in [0.29, 0.717) is 0 Å². The minimum atomic E-state index is 0.746. The van der Waals surface area contributed by atoms with Gasteiger partial charge in [0.2, 0.25) is 0 Å². The first-order valence-electron chi connectivity index (χ1n) is 7.37. The molecule has 1 aromatic carbocycles. The summed E-state index contributed by atoms with van der Waals surface area (Å²) in [5, 5.41) is 0. The summed E-state index contributed by atoms with van der Waals surface area (Å²) in [6, 6.07) is 11.7. The summed E-state index contributed by atoms with van der Waals surface area (Å²) in [5.74, 6) is 1.50. The van der Waals surface area contributed by atoms with Crippen molar-refractivity contribution in [2.24, 2.45) is 11.7 Å². The largest absolute Gasteiger partial charge is 0.330 e. The van der Waals surface area contributed by atoms with E-state index in [9.17, 15) is 0 Å². The van der Waals surface area contributed by atoms with E-state index in [1.165, 1.54) is 44.3 Å². The van der Waals surface area contributed by atoms with Crippen LogP contribution in [-0.2, 0) is 0 Å². The van der Waals surface area contributed by atoms with E-state index in [2.05, 4.69) is 35.2 Å². The highest BCUT2D eigenvalue weighted by atomic mass is 15.2. The van der Waals surface area contributed by atoms with Gasteiger partial charge in [-0.05, 0) is 30.9 Å². The van der Waals surface area contributed by atoms with Crippen molar-refractivity contribution >= 4 is 0 Å². The van der Waals surface area contributed by atoms with Crippen LogP contribution in [0.4, 0.5) is 0 Å². The molecule has 2 heteroatoms. The topological polar surface area (TPSA) is 29.3 Å². The van der Waals surface area contributed by atoms with E-state index in [0.717, 1.165) is 24.4 Å². The number of hydrogen-bond donors (Lipinski definition) is 1. The fourth-order valence-electron chi connectivity index (χ4n) is 3.66. The predicted octanol–water partition coefficient (Wildman–Crippen LogP) is 2.60. The fourth-order valence-corrected chi connectivity index (χ4v) is 3.66. The van der Waals surface area contributed by atoms with Gasteiger partial charge in [0, 0.05) is 25.0 Å². The minimum Gasteiger partial charge on any atom is -0.330 e. The van der Waals surface area contributed by atoms with E-state index >= 15 is 0 Å². The first kappa shape index (κ1) is 12.2. The second kappa shape index (κ2) is 5.41. The van der Waals surface area contributed by atoms with Crippen LogP contribution in [0.3, 0.4) is 0 Å². The monoisotopic (exact) mass is 244 g/mol. The Balaban J connectivity index is 1.58. The van der Waals surface area contributed by atoms with Gasteiger partial charge in [-0.3, -0.25) is 4.90 Å². The molecule has 98 valence electrons. The smallest absolute Gasteiger partial charge is 0.0136 e. The molecule has 0 bridgehead atoms. The Hall–Kier alpha value is -0.860. The third-order valence-electron chi connectivity index (χ3n) is 4.82. The molecule has 2 N–H and O–H groups in total. The van der Waals surface area contributed by atoms with Crippen molar-refractivity contribution in [3.8, 4) is 0 Å². The normalized spacial score (nSPS) is 30.1. The molecular formula is C16H24N2. The second-order valence-electron chi connectivity index (χ2n) is 5.91. The van der Waals surface area contributed by atoms with Crippen LogP contribution >= 0.6 is 0 Å². The quantitative estimate of drug-likeness (QED) is 0.885. The lowest BCUT2D eigenvalue weighted by atomic mass is 9.80. The number of benzene rings is 1. The van der Waals surface area contributed by atoms with Crippen LogP contribution in [0.25, 0.3) is 0 Å². The maximum atomic E-state index is 5.93. The van der Waals surface area contributed by atoms with Crippen molar-refractivity contribution in [1.82, 2.24) is 4.90 Å². The van der Waals surface area contributed by atoms with Crippen LogP contribution < -0.4 is 5.73 Å². The maximum absolute atomic E-state index is 5.93. The molecule has 1 aromatic rings. The number of rotatable bonds is 3. The van der Waals surface area contributed by atoms with E-state index in [1.54, 1.807) is 0 Å². The lowest BCUT2D eigenvalue weighted by Gasteiger charge is -2.48. The van der Waals surface area contributed by atoms with E-state index in [4.69, 9.17) is 5.73 Å². The molecule has 1 aliphatic heterocycles. The highest BCUT2D eigenvalue weighted by Gasteiger charge is 2.37. The lowest BCUT2D eigenvalue weighted by Crippen LogP contribution is -2.55.